The largest absolute Gasteiger partial charge is 0.466 e. The van der Waals surface area contributed by atoms with Gasteiger partial charge < -0.3 is 19.9 Å². The smallest absolute Gasteiger partial charge is 0.396 e. The average Bonchev–Trinajstić information content (AvgIpc) is 2.40. The number of hydrogen-bond donors (Lipinski definition) is 4. The Kier molecular flexibility index (Phi) is 3.84. The Labute approximate surface area is 93.9 Å². The third-order valence-corrected chi connectivity index (χ3v) is 1.57. The van der Waals surface area contributed by atoms with E-state index in [1.807, 2.05) is 0 Å². The van der Waals surface area contributed by atoms with Crippen LogP contribution in [0.2, 0.25) is 5.02 Å². The zero-order valence-electron chi connectivity index (χ0n) is 7.60. The van der Waals surface area contributed by atoms with E-state index in [0.29, 0.717) is 21.0 Å². The predicted molar refractivity (Wildman–Crippen MR) is 54.0 cm³/mol. The molecule has 0 saturated heterocycles. The Morgan fingerprint density at radius 3 is 2.25 bits per heavy atom. The Morgan fingerprint density at radius 1 is 1.19 bits per heavy atom. The summed E-state index contributed by atoms with van der Waals surface area (Å²) in [6.45, 7) is 0. The minimum Gasteiger partial charge on any atom is -0.396 e. The molecule has 0 bridgehead atoms. The van der Waals surface area contributed by atoms with Crippen molar-refractivity contribution in [3.8, 4) is 0 Å². The number of phosphoric acid groups is 1. The highest BCUT2D eigenvalue weighted by atomic mass is 35.5. The summed E-state index contributed by atoms with van der Waals surface area (Å²) in [6, 6.07) is 5.02. The summed E-state index contributed by atoms with van der Waals surface area (Å²) in [5.74, 6) is 0. The summed E-state index contributed by atoms with van der Waals surface area (Å²) in [5, 5.41) is 16.7. The molecule has 0 radical (unpaired) electrons. The fraction of sp³-hybridized carbons (Fsp3) is 0. The molecule has 88 valence electrons. The molecule has 10 heteroatoms. The molecule has 1 aromatic carbocycles. The maximum atomic E-state index is 8.88. The minimum atomic E-state index is -4.64. The lowest BCUT2D eigenvalue weighted by Crippen LogP contribution is -1.92. The molecule has 2 aromatic rings. The van der Waals surface area contributed by atoms with E-state index in [-0.39, 0.29) is 0 Å². The fourth-order valence-corrected chi connectivity index (χ4v) is 1.04. The fourth-order valence-electron chi connectivity index (χ4n) is 0.876. The molecule has 16 heavy (non-hydrogen) atoms. The number of fused-ring (bicyclic) bond motifs is 1. The van der Waals surface area contributed by atoms with Crippen molar-refractivity contribution in [1.29, 1.82) is 0 Å². The molecule has 0 fully saturated rings. The molecule has 0 atom stereocenters. The molecular formula is C6H7ClN3O5P. The Bertz CT molecular complexity index is 530. The van der Waals surface area contributed by atoms with Crippen LogP contribution in [0.3, 0.4) is 0 Å². The highest BCUT2D eigenvalue weighted by molar-refractivity contribution is 7.45. The zero-order valence-corrected chi connectivity index (χ0v) is 9.25. The Morgan fingerprint density at radius 2 is 1.69 bits per heavy atom. The molecule has 0 aliphatic rings. The summed E-state index contributed by atoms with van der Waals surface area (Å²) >= 11 is 5.67. The second kappa shape index (κ2) is 4.77. The number of nitrogens with zero attached hydrogens (tertiary/aromatic N) is 3. The summed E-state index contributed by atoms with van der Waals surface area (Å²) in [5.41, 5.74) is 1.21. The van der Waals surface area contributed by atoms with E-state index < -0.39 is 7.82 Å². The average molecular weight is 268 g/mol. The molecule has 0 amide bonds. The van der Waals surface area contributed by atoms with Crippen LogP contribution in [0.15, 0.2) is 18.2 Å². The maximum Gasteiger partial charge on any atom is 0.466 e. The summed E-state index contributed by atoms with van der Waals surface area (Å²) in [7, 11) is -4.64. The highest BCUT2D eigenvalue weighted by Crippen LogP contribution is 2.25. The van der Waals surface area contributed by atoms with Crippen molar-refractivity contribution < 1.29 is 24.5 Å². The SMILES string of the molecule is O=P(O)(O)O.On1nc2ccc(Cl)cc2n1. The van der Waals surface area contributed by atoms with Gasteiger partial charge in [-0.05, 0) is 23.2 Å². The van der Waals surface area contributed by atoms with Crippen molar-refractivity contribution in [2.75, 3.05) is 0 Å². The van der Waals surface area contributed by atoms with E-state index in [0.717, 1.165) is 0 Å². The van der Waals surface area contributed by atoms with Gasteiger partial charge in [-0.15, -0.1) is 10.2 Å². The Hall–Kier alpha value is -1.18. The van der Waals surface area contributed by atoms with E-state index in [1.165, 1.54) is 0 Å². The van der Waals surface area contributed by atoms with E-state index in [1.54, 1.807) is 18.2 Å². The first-order valence-corrected chi connectivity index (χ1v) is 5.70. The van der Waals surface area contributed by atoms with Gasteiger partial charge in [-0.25, -0.2) is 4.57 Å². The number of halogens is 1. The zero-order chi connectivity index (χ0) is 12.3. The summed E-state index contributed by atoms with van der Waals surface area (Å²) in [4.78, 5) is 22.1. The minimum absolute atomic E-state index is 0.529. The standard InChI is InChI=1S/C6H4ClN3O.H3O4P/c7-4-1-2-5-6(3-4)9-10(11)8-5;1-5(2,3)4/h1-3,11H;(H3,1,2,3,4). The molecule has 1 heterocycles. The van der Waals surface area contributed by atoms with Crippen LogP contribution in [0.4, 0.5) is 0 Å². The molecule has 0 spiro atoms. The van der Waals surface area contributed by atoms with Crippen molar-refractivity contribution in [2.45, 2.75) is 0 Å². The van der Waals surface area contributed by atoms with Crippen LogP contribution in [0.5, 0.6) is 0 Å². The van der Waals surface area contributed by atoms with Gasteiger partial charge >= 0.3 is 7.82 Å². The monoisotopic (exact) mass is 267 g/mol. The van der Waals surface area contributed by atoms with Gasteiger partial charge in [0.2, 0.25) is 0 Å². The second-order valence-electron chi connectivity index (χ2n) is 2.61. The third kappa shape index (κ3) is 4.56. The van der Waals surface area contributed by atoms with E-state index in [9.17, 15) is 0 Å². The van der Waals surface area contributed by atoms with Crippen molar-refractivity contribution in [3.05, 3.63) is 23.2 Å². The first-order valence-electron chi connectivity index (χ1n) is 3.76. The van der Waals surface area contributed by atoms with Gasteiger partial charge in [-0.3, -0.25) is 0 Å². The first-order chi connectivity index (χ1) is 7.25. The van der Waals surface area contributed by atoms with Gasteiger partial charge in [0.15, 0.2) is 0 Å². The molecule has 4 N–H and O–H groups in total. The number of benzene rings is 1. The van der Waals surface area contributed by atoms with Crippen molar-refractivity contribution in [1.82, 2.24) is 15.2 Å². The molecule has 8 nitrogen and oxygen atoms in total. The first kappa shape index (κ1) is 12.9. The lowest BCUT2D eigenvalue weighted by atomic mass is 10.3. The van der Waals surface area contributed by atoms with Crippen LogP contribution in [0.1, 0.15) is 0 Å². The molecule has 0 unspecified atom stereocenters. The van der Waals surface area contributed by atoms with Crippen LogP contribution < -0.4 is 0 Å². The van der Waals surface area contributed by atoms with Crippen LogP contribution >= 0.6 is 19.4 Å². The quantitative estimate of drug-likeness (QED) is 0.401. The van der Waals surface area contributed by atoms with Crippen molar-refractivity contribution in [2.24, 2.45) is 0 Å². The van der Waals surface area contributed by atoms with E-state index >= 15 is 0 Å². The van der Waals surface area contributed by atoms with Crippen LogP contribution in [0.25, 0.3) is 11.0 Å². The highest BCUT2D eigenvalue weighted by Gasteiger charge is 2.00. The van der Waals surface area contributed by atoms with Gasteiger partial charge in [0.25, 0.3) is 0 Å². The Balaban J connectivity index is 0.000000221. The molecule has 0 aliphatic heterocycles. The lowest BCUT2D eigenvalue weighted by molar-refractivity contribution is 0.113. The topological polar surface area (TPSA) is 129 Å². The third-order valence-electron chi connectivity index (χ3n) is 1.33. The summed E-state index contributed by atoms with van der Waals surface area (Å²) < 4.78 is 8.88. The van der Waals surface area contributed by atoms with Crippen LogP contribution in [0, 0.1) is 0 Å². The second-order valence-corrected chi connectivity index (χ2v) is 4.08. The maximum absolute atomic E-state index is 8.88. The molecular weight excluding hydrogens is 261 g/mol. The van der Waals surface area contributed by atoms with Crippen LogP contribution in [-0.2, 0) is 4.57 Å². The number of rotatable bonds is 0. The molecule has 1 aromatic heterocycles. The van der Waals surface area contributed by atoms with Gasteiger partial charge in [0.1, 0.15) is 11.0 Å². The van der Waals surface area contributed by atoms with Crippen molar-refractivity contribution in [3.63, 3.8) is 0 Å². The van der Waals surface area contributed by atoms with E-state index in [4.69, 9.17) is 36.1 Å². The molecule has 0 aliphatic carbocycles. The normalized spacial score (nSPS) is 11.0. The van der Waals surface area contributed by atoms with Gasteiger partial charge in [-0.1, -0.05) is 11.6 Å². The number of aromatic nitrogens is 3. The summed E-state index contributed by atoms with van der Waals surface area (Å²) in [6.07, 6.45) is 0. The number of hydrogen-bond acceptors (Lipinski definition) is 4. The predicted octanol–water partition coefficient (Wildman–Crippen LogP) is 0.393. The van der Waals surface area contributed by atoms with Gasteiger partial charge in [0, 0.05) is 5.02 Å². The van der Waals surface area contributed by atoms with Crippen LogP contribution in [-0.4, -0.2) is 35.0 Å². The van der Waals surface area contributed by atoms with Gasteiger partial charge in [-0.2, -0.15) is 0 Å². The van der Waals surface area contributed by atoms with Gasteiger partial charge in [0.05, 0.1) is 0 Å². The molecule has 0 saturated carbocycles. The van der Waals surface area contributed by atoms with E-state index in [2.05, 4.69) is 10.2 Å². The molecule has 2 rings (SSSR count). The lowest BCUT2D eigenvalue weighted by Gasteiger charge is -1.84. The van der Waals surface area contributed by atoms with Crippen molar-refractivity contribution >= 4 is 30.5 Å².